The minimum Gasteiger partial charge on any atom is -0.497 e. The second-order valence-corrected chi connectivity index (χ2v) is 9.30. The van der Waals surface area contributed by atoms with Crippen LogP contribution in [-0.2, 0) is 4.57 Å². The average molecular weight is 394 g/mol. The quantitative estimate of drug-likeness (QED) is 0.514. The van der Waals surface area contributed by atoms with Crippen molar-refractivity contribution >= 4 is 35.6 Å². The van der Waals surface area contributed by atoms with Crippen molar-refractivity contribution in [3.63, 3.8) is 0 Å². The number of hydrogen-bond acceptors (Lipinski definition) is 3. The predicted octanol–water partition coefficient (Wildman–Crippen LogP) is 4.69. The minimum atomic E-state index is -3.13. The lowest BCUT2D eigenvalue weighted by Gasteiger charge is -2.28. The van der Waals surface area contributed by atoms with Crippen LogP contribution < -0.4 is 20.0 Å². The monoisotopic (exact) mass is 394 g/mol. The molecule has 1 N–H and O–H groups in total. The van der Waals surface area contributed by atoms with Gasteiger partial charge in [-0.15, -0.1) is 0 Å². The lowest BCUT2D eigenvalue weighted by Crippen LogP contribution is -2.27. The number of methoxy groups -OCH3 is 1. The third-order valence-electron chi connectivity index (χ3n) is 4.66. The van der Waals surface area contributed by atoms with Crippen LogP contribution in [-0.4, -0.2) is 12.2 Å². The molecule has 3 aromatic rings. The van der Waals surface area contributed by atoms with Crippen LogP contribution in [0.5, 0.6) is 5.75 Å². The van der Waals surface area contributed by atoms with Crippen LogP contribution in [0.1, 0.15) is 11.3 Å². The highest BCUT2D eigenvalue weighted by atomic mass is 32.1. The topological polar surface area (TPSA) is 41.6 Å². The van der Waals surface area contributed by atoms with Gasteiger partial charge >= 0.3 is 0 Å². The second kappa shape index (κ2) is 7.18. The number of thiocarbonyl (C=S) groups is 1. The Morgan fingerprint density at radius 3 is 2.11 bits per heavy atom. The molecule has 0 unspecified atom stereocenters. The molecule has 0 aromatic heterocycles. The molecule has 0 aliphatic carbocycles. The molecule has 3 aromatic carbocycles. The Balaban J connectivity index is 1.88. The lowest BCUT2D eigenvalue weighted by molar-refractivity contribution is 0.414. The molecule has 4 nitrogen and oxygen atoms in total. The van der Waals surface area contributed by atoms with Crippen molar-refractivity contribution in [2.24, 2.45) is 0 Å². The normalized spacial score (nSPS) is 21.7. The van der Waals surface area contributed by atoms with E-state index in [4.69, 9.17) is 17.0 Å². The molecular weight excluding hydrogens is 375 g/mol. The van der Waals surface area contributed by atoms with Crippen LogP contribution in [0.25, 0.3) is 0 Å². The maximum Gasteiger partial charge on any atom is 0.232 e. The maximum absolute atomic E-state index is 14.6. The molecule has 1 saturated heterocycles. The van der Waals surface area contributed by atoms with Gasteiger partial charge in [0, 0.05) is 5.30 Å². The SMILES string of the molecule is COc1ccc([C@H]2NC(=S)N(c3ccccc3)[P@]2(=O)c2ccccc2)cc1. The molecule has 0 saturated carbocycles. The molecule has 27 heavy (non-hydrogen) atoms. The third kappa shape index (κ3) is 3.03. The predicted molar refractivity (Wildman–Crippen MR) is 114 cm³/mol. The molecule has 0 bridgehead atoms. The number of nitrogens with zero attached hydrogens (tertiary/aromatic N) is 1. The standard InChI is InChI=1S/C21H19N2O2PS/c1-25-18-14-12-16(13-15-18)20-22-21(27)23(17-8-4-2-5-9-17)26(20,24)19-10-6-3-7-11-19/h2-15,20H,1H3,(H,22,27)/t20-,26-/m0/s1. The van der Waals surface area contributed by atoms with Gasteiger partial charge in [-0.05, 0) is 54.2 Å². The van der Waals surface area contributed by atoms with Crippen molar-refractivity contribution in [1.82, 2.24) is 5.32 Å². The van der Waals surface area contributed by atoms with Gasteiger partial charge in [-0.3, -0.25) is 9.24 Å². The minimum absolute atomic E-state index is 0.432. The second-order valence-electron chi connectivity index (χ2n) is 6.23. The summed E-state index contributed by atoms with van der Waals surface area (Å²) in [7, 11) is -1.50. The van der Waals surface area contributed by atoms with E-state index in [1.807, 2.05) is 84.9 Å². The van der Waals surface area contributed by atoms with Gasteiger partial charge in [0.15, 0.2) is 5.11 Å². The van der Waals surface area contributed by atoms with Gasteiger partial charge in [0.1, 0.15) is 11.5 Å². The van der Waals surface area contributed by atoms with Crippen LogP contribution in [0.3, 0.4) is 0 Å². The summed E-state index contributed by atoms with van der Waals surface area (Å²) in [6.45, 7) is 0. The number of hydrogen-bond donors (Lipinski definition) is 1. The zero-order valence-corrected chi connectivity index (χ0v) is 16.5. The first-order chi connectivity index (χ1) is 13.1. The van der Waals surface area contributed by atoms with Gasteiger partial charge in [-0.2, -0.15) is 0 Å². The summed E-state index contributed by atoms with van der Waals surface area (Å²) < 4.78 is 21.6. The van der Waals surface area contributed by atoms with E-state index in [-0.39, 0.29) is 0 Å². The Kier molecular flexibility index (Phi) is 4.73. The number of ether oxygens (including phenoxy) is 1. The fraction of sp³-hybridized carbons (Fsp3) is 0.0952. The lowest BCUT2D eigenvalue weighted by atomic mass is 10.2. The van der Waals surface area contributed by atoms with E-state index in [9.17, 15) is 4.57 Å². The summed E-state index contributed by atoms with van der Waals surface area (Å²) in [5, 5.41) is 4.53. The molecule has 0 radical (unpaired) electrons. The molecule has 1 fully saturated rings. The number of rotatable bonds is 4. The van der Waals surface area contributed by atoms with Gasteiger partial charge in [0.25, 0.3) is 0 Å². The summed E-state index contributed by atoms with van der Waals surface area (Å²) in [6.07, 6.45) is 0. The fourth-order valence-corrected chi connectivity index (χ4v) is 7.06. The van der Waals surface area contributed by atoms with Crippen molar-refractivity contribution < 1.29 is 9.30 Å². The maximum atomic E-state index is 14.6. The first kappa shape index (κ1) is 17.8. The first-order valence-corrected chi connectivity index (χ1v) is 10.7. The molecule has 136 valence electrons. The largest absolute Gasteiger partial charge is 0.497 e. The van der Waals surface area contributed by atoms with Crippen LogP contribution >= 0.6 is 19.5 Å². The fourth-order valence-electron chi connectivity index (χ4n) is 3.35. The van der Waals surface area contributed by atoms with Crippen LogP contribution in [0, 0.1) is 0 Å². The van der Waals surface area contributed by atoms with E-state index >= 15 is 0 Å². The number of anilines is 1. The van der Waals surface area contributed by atoms with Crippen molar-refractivity contribution in [2.75, 3.05) is 11.8 Å². The zero-order valence-electron chi connectivity index (χ0n) is 14.8. The zero-order chi connectivity index (χ0) is 18.9. The van der Waals surface area contributed by atoms with Crippen molar-refractivity contribution in [2.45, 2.75) is 5.78 Å². The first-order valence-electron chi connectivity index (χ1n) is 8.60. The highest BCUT2D eigenvalue weighted by molar-refractivity contribution is 7.84. The molecule has 1 aliphatic rings. The van der Waals surface area contributed by atoms with Gasteiger partial charge in [0.05, 0.1) is 12.8 Å². The summed E-state index contributed by atoms with van der Waals surface area (Å²) in [4.78, 5) is 0. The van der Waals surface area contributed by atoms with E-state index in [0.29, 0.717) is 5.11 Å². The van der Waals surface area contributed by atoms with Crippen molar-refractivity contribution in [3.05, 3.63) is 90.5 Å². The molecule has 0 spiro atoms. The Hall–Kier alpha value is -2.62. The van der Waals surface area contributed by atoms with Crippen LogP contribution in [0.4, 0.5) is 5.69 Å². The van der Waals surface area contributed by atoms with Gasteiger partial charge in [-0.1, -0.05) is 48.5 Å². The average Bonchev–Trinajstić information content (AvgIpc) is 3.01. The molecule has 1 aliphatic heterocycles. The van der Waals surface area contributed by atoms with E-state index in [1.54, 1.807) is 11.8 Å². The third-order valence-corrected chi connectivity index (χ3v) is 8.28. The van der Waals surface area contributed by atoms with E-state index in [1.165, 1.54) is 0 Å². The molecule has 1 heterocycles. The molecular formula is C21H19N2O2PS. The van der Waals surface area contributed by atoms with Crippen molar-refractivity contribution in [3.8, 4) is 5.75 Å². The molecule has 6 heteroatoms. The Morgan fingerprint density at radius 2 is 1.52 bits per heavy atom. The van der Waals surface area contributed by atoms with Gasteiger partial charge in [0.2, 0.25) is 7.29 Å². The van der Waals surface area contributed by atoms with Crippen LogP contribution in [0.15, 0.2) is 84.9 Å². The summed E-state index contributed by atoms with van der Waals surface area (Å²) in [6, 6.07) is 26.8. The molecule has 4 rings (SSSR count). The number of nitrogens with one attached hydrogen (secondary N) is 1. The highest BCUT2D eigenvalue weighted by Crippen LogP contribution is 2.64. The van der Waals surface area contributed by atoms with E-state index in [0.717, 1.165) is 22.3 Å². The number of para-hydroxylation sites is 1. The van der Waals surface area contributed by atoms with Gasteiger partial charge in [-0.25, -0.2) is 0 Å². The Bertz CT molecular complexity index is 994. The number of benzene rings is 3. The highest BCUT2D eigenvalue weighted by Gasteiger charge is 2.49. The van der Waals surface area contributed by atoms with E-state index in [2.05, 4.69) is 5.32 Å². The molecule has 0 amide bonds. The Morgan fingerprint density at radius 1 is 0.926 bits per heavy atom. The van der Waals surface area contributed by atoms with Crippen molar-refractivity contribution in [1.29, 1.82) is 0 Å². The summed E-state index contributed by atoms with van der Waals surface area (Å²) in [5.74, 6) is 0.326. The summed E-state index contributed by atoms with van der Waals surface area (Å²) >= 11 is 5.61. The Labute approximate surface area is 164 Å². The molecule has 2 atom stereocenters. The van der Waals surface area contributed by atoms with Gasteiger partial charge < -0.3 is 10.1 Å². The smallest absolute Gasteiger partial charge is 0.232 e. The van der Waals surface area contributed by atoms with E-state index < -0.39 is 13.1 Å². The van der Waals surface area contributed by atoms with Crippen LogP contribution in [0.2, 0.25) is 0 Å². The summed E-state index contributed by atoms with van der Waals surface area (Å²) in [5.41, 5.74) is 1.72.